The molecule has 0 aromatic heterocycles. The third kappa shape index (κ3) is 5.99. The lowest BCUT2D eigenvalue weighted by Crippen LogP contribution is -2.19. The SMILES string of the molecule is C/C(=N/NC(=O)c1cc(O)cc(O)c1)c1cccc(NC(=O)/C=C/C(=O)O)c1. The van der Waals surface area contributed by atoms with Crippen LogP contribution in [-0.2, 0) is 9.59 Å². The number of phenols is 2. The number of carboxylic acids is 1. The molecule has 2 aromatic rings. The zero-order chi connectivity index (χ0) is 20.7. The van der Waals surface area contributed by atoms with Crippen molar-refractivity contribution in [2.75, 3.05) is 5.32 Å². The summed E-state index contributed by atoms with van der Waals surface area (Å²) >= 11 is 0. The smallest absolute Gasteiger partial charge is 0.328 e. The van der Waals surface area contributed by atoms with Gasteiger partial charge in [0.1, 0.15) is 11.5 Å². The van der Waals surface area contributed by atoms with Gasteiger partial charge in [-0.15, -0.1) is 0 Å². The van der Waals surface area contributed by atoms with Crippen LogP contribution in [-0.4, -0.2) is 38.8 Å². The molecule has 0 fully saturated rings. The molecule has 2 rings (SSSR count). The highest BCUT2D eigenvalue weighted by molar-refractivity contribution is 6.04. The van der Waals surface area contributed by atoms with Gasteiger partial charge in [-0.2, -0.15) is 5.10 Å². The van der Waals surface area contributed by atoms with Crippen LogP contribution < -0.4 is 10.7 Å². The molecule has 0 aliphatic rings. The molecule has 0 aliphatic carbocycles. The first kappa shape index (κ1) is 20.2. The van der Waals surface area contributed by atoms with Crippen LogP contribution in [0.5, 0.6) is 11.5 Å². The minimum Gasteiger partial charge on any atom is -0.508 e. The summed E-state index contributed by atoms with van der Waals surface area (Å²) in [6, 6.07) is 10.0. The quantitative estimate of drug-likeness (QED) is 0.292. The van der Waals surface area contributed by atoms with Gasteiger partial charge < -0.3 is 20.6 Å². The summed E-state index contributed by atoms with van der Waals surface area (Å²) in [5, 5.41) is 33.8. The molecule has 0 atom stereocenters. The molecule has 2 aromatic carbocycles. The topological polar surface area (TPSA) is 148 Å². The van der Waals surface area contributed by atoms with Gasteiger partial charge in [0, 0.05) is 29.5 Å². The third-order valence-electron chi connectivity index (χ3n) is 3.42. The van der Waals surface area contributed by atoms with Crippen LogP contribution in [0.1, 0.15) is 22.8 Å². The van der Waals surface area contributed by atoms with E-state index in [4.69, 9.17) is 5.11 Å². The van der Waals surface area contributed by atoms with E-state index >= 15 is 0 Å². The molecular weight excluding hydrogens is 366 g/mol. The minimum atomic E-state index is -1.23. The summed E-state index contributed by atoms with van der Waals surface area (Å²) in [5.74, 6) is -2.99. The number of carbonyl (C=O) groups is 3. The number of aromatic hydroxyl groups is 2. The van der Waals surface area contributed by atoms with E-state index in [0.29, 0.717) is 17.0 Å². The largest absolute Gasteiger partial charge is 0.508 e. The minimum absolute atomic E-state index is 0.0280. The normalized spacial score (nSPS) is 11.2. The number of nitrogens with zero attached hydrogens (tertiary/aromatic N) is 1. The summed E-state index contributed by atoms with van der Waals surface area (Å²) in [7, 11) is 0. The number of nitrogens with one attached hydrogen (secondary N) is 2. The number of phenolic OH excluding ortho intramolecular Hbond substituents is 2. The molecule has 0 unspecified atom stereocenters. The lowest BCUT2D eigenvalue weighted by atomic mass is 10.1. The van der Waals surface area contributed by atoms with Gasteiger partial charge in [0.05, 0.1) is 5.71 Å². The molecule has 2 amide bonds. The molecule has 0 aliphatic heterocycles. The van der Waals surface area contributed by atoms with Crippen molar-refractivity contribution in [1.29, 1.82) is 0 Å². The molecule has 9 nitrogen and oxygen atoms in total. The molecule has 9 heteroatoms. The van der Waals surface area contributed by atoms with Crippen LogP contribution in [0.4, 0.5) is 5.69 Å². The second kappa shape index (κ2) is 8.99. The van der Waals surface area contributed by atoms with Crippen molar-refractivity contribution >= 4 is 29.2 Å². The van der Waals surface area contributed by atoms with Gasteiger partial charge in [0.15, 0.2) is 0 Å². The van der Waals surface area contributed by atoms with Crippen LogP contribution >= 0.6 is 0 Å². The zero-order valence-corrected chi connectivity index (χ0v) is 14.7. The van der Waals surface area contributed by atoms with Crippen LogP contribution in [0.25, 0.3) is 0 Å². The van der Waals surface area contributed by atoms with Crippen molar-refractivity contribution < 1.29 is 29.7 Å². The average Bonchev–Trinajstić information content (AvgIpc) is 2.63. The first-order valence-electron chi connectivity index (χ1n) is 7.94. The molecule has 28 heavy (non-hydrogen) atoms. The van der Waals surface area contributed by atoms with Gasteiger partial charge in [-0.25, -0.2) is 10.2 Å². The lowest BCUT2D eigenvalue weighted by molar-refractivity contribution is -0.131. The Morgan fingerprint density at radius 3 is 2.29 bits per heavy atom. The summed E-state index contributed by atoms with van der Waals surface area (Å²) in [6.07, 6.45) is 1.61. The fourth-order valence-electron chi connectivity index (χ4n) is 2.14. The predicted octanol–water partition coefficient (Wildman–Crippen LogP) is 1.83. The number of hydrogen-bond donors (Lipinski definition) is 5. The summed E-state index contributed by atoms with van der Waals surface area (Å²) < 4.78 is 0. The van der Waals surface area contributed by atoms with Gasteiger partial charge >= 0.3 is 5.97 Å². The predicted molar refractivity (Wildman–Crippen MR) is 101 cm³/mol. The Bertz CT molecular complexity index is 961. The first-order chi connectivity index (χ1) is 13.2. The van der Waals surface area contributed by atoms with Gasteiger partial charge in [-0.05, 0) is 36.8 Å². The Morgan fingerprint density at radius 1 is 0.964 bits per heavy atom. The standard InChI is InChI=1S/C19H17N3O6/c1-11(21-22-19(28)13-8-15(23)10-16(24)9-13)12-3-2-4-14(7-12)20-17(25)5-6-18(26)27/h2-10,23-24H,1H3,(H,20,25)(H,22,28)(H,26,27)/b6-5+,21-11-. The third-order valence-corrected chi connectivity index (χ3v) is 3.42. The Labute approximate surface area is 159 Å². The summed E-state index contributed by atoms with van der Waals surface area (Å²) in [5.41, 5.74) is 3.77. The van der Waals surface area contributed by atoms with E-state index in [9.17, 15) is 24.6 Å². The number of amides is 2. The maximum Gasteiger partial charge on any atom is 0.328 e. The fraction of sp³-hybridized carbons (Fsp3) is 0.0526. The van der Waals surface area contributed by atoms with Crippen molar-refractivity contribution in [2.24, 2.45) is 5.10 Å². The zero-order valence-electron chi connectivity index (χ0n) is 14.7. The lowest BCUT2D eigenvalue weighted by Gasteiger charge is -2.07. The number of carbonyl (C=O) groups excluding carboxylic acids is 2. The number of carboxylic acid groups (broad SMARTS) is 1. The van der Waals surface area contributed by atoms with Crippen molar-refractivity contribution in [3.8, 4) is 11.5 Å². The number of hydrazone groups is 1. The summed E-state index contributed by atoms with van der Waals surface area (Å²) in [6.45, 7) is 1.63. The number of benzene rings is 2. The summed E-state index contributed by atoms with van der Waals surface area (Å²) in [4.78, 5) is 34.1. The highest BCUT2D eigenvalue weighted by atomic mass is 16.4. The van der Waals surface area contributed by atoms with Crippen LogP contribution in [0.15, 0.2) is 59.7 Å². The van der Waals surface area contributed by atoms with E-state index < -0.39 is 17.8 Å². The van der Waals surface area contributed by atoms with E-state index in [1.165, 1.54) is 12.1 Å². The molecule has 0 saturated carbocycles. The van der Waals surface area contributed by atoms with Crippen molar-refractivity contribution in [2.45, 2.75) is 6.92 Å². The van der Waals surface area contributed by atoms with E-state index in [-0.39, 0.29) is 17.1 Å². The van der Waals surface area contributed by atoms with Crippen LogP contribution in [0, 0.1) is 0 Å². The van der Waals surface area contributed by atoms with Crippen molar-refractivity contribution in [1.82, 2.24) is 5.43 Å². The molecule has 0 heterocycles. The van der Waals surface area contributed by atoms with E-state index in [1.807, 2.05) is 0 Å². The Balaban J connectivity index is 2.09. The van der Waals surface area contributed by atoms with Crippen LogP contribution in [0.2, 0.25) is 0 Å². The molecule has 0 bridgehead atoms. The number of anilines is 1. The van der Waals surface area contributed by atoms with E-state index in [2.05, 4.69) is 15.8 Å². The molecule has 0 radical (unpaired) electrons. The van der Waals surface area contributed by atoms with Crippen molar-refractivity contribution in [3.05, 3.63) is 65.7 Å². The van der Waals surface area contributed by atoms with Crippen LogP contribution in [0.3, 0.4) is 0 Å². The van der Waals surface area contributed by atoms with E-state index in [1.54, 1.807) is 31.2 Å². The second-order valence-corrected chi connectivity index (χ2v) is 5.62. The average molecular weight is 383 g/mol. The molecule has 0 saturated heterocycles. The Kier molecular flexibility index (Phi) is 6.48. The maximum atomic E-state index is 12.1. The molecule has 5 N–H and O–H groups in total. The highest BCUT2D eigenvalue weighted by Crippen LogP contribution is 2.20. The second-order valence-electron chi connectivity index (χ2n) is 5.62. The number of hydrogen-bond acceptors (Lipinski definition) is 6. The number of rotatable bonds is 6. The molecule has 144 valence electrons. The Morgan fingerprint density at radius 2 is 1.64 bits per heavy atom. The van der Waals surface area contributed by atoms with E-state index in [0.717, 1.165) is 18.2 Å². The van der Waals surface area contributed by atoms with Crippen molar-refractivity contribution in [3.63, 3.8) is 0 Å². The Hall–Kier alpha value is -4.14. The van der Waals surface area contributed by atoms with Gasteiger partial charge in [-0.3, -0.25) is 9.59 Å². The molecular formula is C19H17N3O6. The fourth-order valence-corrected chi connectivity index (χ4v) is 2.14. The van der Waals surface area contributed by atoms with Gasteiger partial charge in [-0.1, -0.05) is 12.1 Å². The first-order valence-corrected chi connectivity index (χ1v) is 7.94. The molecule has 0 spiro atoms. The van der Waals surface area contributed by atoms with Gasteiger partial charge in [0.2, 0.25) is 5.91 Å². The highest BCUT2D eigenvalue weighted by Gasteiger charge is 2.09. The number of aliphatic carboxylic acids is 1. The van der Waals surface area contributed by atoms with Gasteiger partial charge in [0.25, 0.3) is 5.91 Å². The maximum absolute atomic E-state index is 12.1. The monoisotopic (exact) mass is 383 g/mol.